The summed E-state index contributed by atoms with van der Waals surface area (Å²) in [6.07, 6.45) is 0.964. The van der Waals surface area contributed by atoms with Crippen LogP contribution < -0.4 is 15.4 Å². The van der Waals surface area contributed by atoms with Crippen LogP contribution in [0.3, 0.4) is 0 Å². The zero-order valence-corrected chi connectivity index (χ0v) is 20.2. The monoisotopic (exact) mass is 441 g/mol. The van der Waals surface area contributed by atoms with Gasteiger partial charge in [-0.1, -0.05) is 20.8 Å². The first-order valence-electron chi connectivity index (χ1n) is 11.0. The number of benzene rings is 1. The summed E-state index contributed by atoms with van der Waals surface area (Å²) < 4.78 is 7.50. The third kappa shape index (κ3) is 4.80. The van der Waals surface area contributed by atoms with Crippen molar-refractivity contribution in [2.24, 2.45) is 5.41 Å². The molecule has 0 spiro atoms. The van der Waals surface area contributed by atoms with Crippen LogP contribution in [-0.4, -0.2) is 60.1 Å². The van der Waals surface area contributed by atoms with E-state index >= 15 is 0 Å². The number of aryl methyl sites for hydroxylation is 1. The molecule has 3 rings (SSSR count). The van der Waals surface area contributed by atoms with Crippen molar-refractivity contribution in [2.45, 2.75) is 53.2 Å². The van der Waals surface area contributed by atoms with E-state index in [4.69, 9.17) is 9.72 Å². The number of nitrogens with zero attached hydrogens (tertiary/aromatic N) is 3. The minimum absolute atomic E-state index is 0.223. The van der Waals surface area contributed by atoms with Gasteiger partial charge in [-0.3, -0.25) is 9.59 Å². The molecule has 32 heavy (non-hydrogen) atoms. The number of ether oxygens (including phenoxy) is 1. The highest BCUT2D eigenvalue weighted by molar-refractivity contribution is 5.98. The van der Waals surface area contributed by atoms with Gasteiger partial charge in [-0.05, 0) is 56.1 Å². The fourth-order valence-corrected chi connectivity index (χ4v) is 4.14. The van der Waals surface area contributed by atoms with Crippen molar-refractivity contribution in [3.05, 3.63) is 35.2 Å². The molecule has 1 aromatic carbocycles. The van der Waals surface area contributed by atoms with Crippen molar-refractivity contribution in [3.8, 4) is 17.1 Å². The number of aromatic nitrogens is 2. The van der Waals surface area contributed by atoms with Crippen LogP contribution in [-0.2, 0) is 17.9 Å². The SMILES string of the molecule is CNC(=O)[C@@H](NC(=O)c1nc(-c2ccc(OC)cc2C)n2c1CN(C)CCC2)C(C)(C)C. The predicted octanol–water partition coefficient (Wildman–Crippen LogP) is 2.59. The summed E-state index contributed by atoms with van der Waals surface area (Å²) in [7, 11) is 5.27. The Bertz CT molecular complexity index is 1010. The first kappa shape index (κ1) is 23.8. The first-order chi connectivity index (χ1) is 15.1. The highest BCUT2D eigenvalue weighted by Crippen LogP contribution is 2.30. The summed E-state index contributed by atoms with van der Waals surface area (Å²) in [6, 6.07) is 5.20. The fourth-order valence-electron chi connectivity index (χ4n) is 4.14. The van der Waals surface area contributed by atoms with Crippen molar-refractivity contribution < 1.29 is 14.3 Å². The van der Waals surface area contributed by atoms with E-state index < -0.39 is 11.5 Å². The van der Waals surface area contributed by atoms with Crippen LogP contribution in [0.5, 0.6) is 5.75 Å². The lowest BCUT2D eigenvalue weighted by Gasteiger charge is -2.29. The van der Waals surface area contributed by atoms with Crippen LogP contribution in [0.4, 0.5) is 0 Å². The summed E-state index contributed by atoms with van der Waals surface area (Å²) >= 11 is 0. The van der Waals surface area contributed by atoms with Crippen molar-refractivity contribution in [1.82, 2.24) is 25.1 Å². The first-order valence-corrected chi connectivity index (χ1v) is 11.0. The molecule has 1 aliphatic rings. The molecule has 0 aliphatic carbocycles. The lowest BCUT2D eigenvalue weighted by atomic mass is 9.86. The topological polar surface area (TPSA) is 88.5 Å². The number of hydrogen-bond acceptors (Lipinski definition) is 5. The number of carbonyl (C=O) groups is 2. The smallest absolute Gasteiger partial charge is 0.272 e. The van der Waals surface area contributed by atoms with Crippen LogP contribution in [0, 0.1) is 12.3 Å². The molecule has 2 heterocycles. The highest BCUT2D eigenvalue weighted by atomic mass is 16.5. The maximum Gasteiger partial charge on any atom is 0.272 e. The van der Waals surface area contributed by atoms with E-state index in [2.05, 4.69) is 20.1 Å². The average Bonchev–Trinajstić information content (AvgIpc) is 2.96. The molecule has 0 bridgehead atoms. The second-order valence-corrected chi connectivity index (χ2v) is 9.54. The molecule has 0 radical (unpaired) electrons. The Morgan fingerprint density at radius 3 is 2.53 bits per heavy atom. The summed E-state index contributed by atoms with van der Waals surface area (Å²) in [6.45, 7) is 10.1. The molecule has 8 nitrogen and oxygen atoms in total. The van der Waals surface area contributed by atoms with E-state index in [-0.39, 0.29) is 11.8 Å². The average molecular weight is 442 g/mol. The van der Waals surface area contributed by atoms with Gasteiger partial charge in [0.15, 0.2) is 5.69 Å². The van der Waals surface area contributed by atoms with Crippen molar-refractivity contribution >= 4 is 11.8 Å². The van der Waals surface area contributed by atoms with Crippen LogP contribution in [0.2, 0.25) is 0 Å². The van der Waals surface area contributed by atoms with Crippen LogP contribution in [0.25, 0.3) is 11.4 Å². The molecule has 2 aromatic rings. The summed E-state index contributed by atoms with van der Waals surface area (Å²) in [4.78, 5) is 32.9. The molecular weight excluding hydrogens is 406 g/mol. The lowest BCUT2D eigenvalue weighted by Crippen LogP contribution is -2.53. The van der Waals surface area contributed by atoms with Gasteiger partial charge < -0.3 is 24.8 Å². The standard InChI is InChI=1S/C24H35N5O3/c1-15-13-16(32-7)9-10-17(15)21-26-19(18-14-28(6)11-8-12-29(18)21)22(30)27-20(23(31)25-5)24(2,3)4/h9-10,13,20H,8,11-12,14H2,1-7H3,(H,25,31)(H,27,30)/t20-/m1/s1. The van der Waals surface area contributed by atoms with Gasteiger partial charge in [-0.25, -0.2) is 4.98 Å². The number of nitrogens with one attached hydrogen (secondary N) is 2. The zero-order chi connectivity index (χ0) is 23.6. The molecule has 0 saturated carbocycles. The third-order valence-electron chi connectivity index (χ3n) is 5.95. The Kier molecular flexibility index (Phi) is 6.93. The Morgan fingerprint density at radius 1 is 1.22 bits per heavy atom. The zero-order valence-electron chi connectivity index (χ0n) is 20.2. The van der Waals surface area contributed by atoms with Crippen LogP contribution >= 0.6 is 0 Å². The van der Waals surface area contributed by atoms with E-state index in [1.807, 2.05) is 52.9 Å². The number of rotatable bonds is 5. The molecule has 174 valence electrons. The summed E-state index contributed by atoms with van der Waals surface area (Å²) in [5, 5.41) is 5.60. The maximum absolute atomic E-state index is 13.4. The molecule has 1 atom stereocenters. The Morgan fingerprint density at radius 2 is 1.94 bits per heavy atom. The van der Waals surface area contributed by atoms with E-state index in [1.54, 1.807) is 14.2 Å². The molecule has 1 aliphatic heterocycles. The second kappa shape index (κ2) is 9.32. The number of likely N-dealkylation sites (N-methyl/N-ethyl adjacent to an activating group) is 1. The fraction of sp³-hybridized carbons (Fsp3) is 0.542. The second-order valence-electron chi connectivity index (χ2n) is 9.54. The molecule has 1 aromatic heterocycles. The third-order valence-corrected chi connectivity index (χ3v) is 5.95. The van der Waals surface area contributed by atoms with Gasteiger partial charge in [0, 0.05) is 25.7 Å². The van der Waals surface area contributed by atoms with E-state index in [0.29, 0.717) is 12.2 Å². The number of methoxy groups -OCH3 is 1. The molecule has 2 N–H and O–H groups in total. The van der Waals surface area contributed by atoms with Crippen molar-refractivity contribution in [3.63, 3.8) is 0 Å². The maximum atomic E-state index is 13.4. The van der Waals surface area contributed by atoms with Gasteiger partial charge in [-0.15, -0.1) is 0 Å². The molecule has 0 fully saturated rings. The van der Waals surface area contributed by atoms with Gasteiger partial charge >= 0.3 is 0 Å². The molecular formula is C24H35N5O3. The van der Waals surface area contributed by atoms with Gasteiger partial charge in [0.1, 0.15) is 17.6 Å². The summed E-state index contributed by atoms with van der Waals surface area (Å²) in [5.74, 6) is 1.00. The van der Waals surface area contributed by atoms with Crippen molar-refractivity contribution in [1.29, 1.82) is 0 Å². The van der Waals surface area contributed by atoms with Gasteiger partial charge in [-0.2, -0.15) is 0 Å². The number of imidazole rings is 1. The van der Waals surface area contributed by atoms with E-state index in [0.717, 1.165) is 47.9 Å². The Hall–Kier alpha value is -2.87. The van der Waals surface area contributed by atoms with Gasteiger partial charge in [0.2, 0.25) is 5.91 Å². The molecule has 0 saturated heterocycles. The van der Waals surface area contributed by atoms with E-state index in [1.165, 1.54) is 0 Å². The Labute approximate surface area is 190 Å². The number of fused-ring (bicyclic) bond motifs is 1. The van der Waals surface area contributed by atoms with E-state index in [9.17, 15) is 9.59 Å². The minimum atomic E-state index is -0.674. The molecule has 0 unspecified atom stereocenters. The summed E-state index contributed by atoms with van der Waals surface area (Å²) in [5.41, 5.74) is 2.80. The minimum Gasteiger partial charge on any atom is -0.497 e. The van der Waals surface area contributed by atoms with Crippen molar-refractivity contribution in [2.75, 3.05) is 27.7 Å². The Balaban J connectivity index is 2.08. The number of amides is 2. The molecule has 2 amide bonds. The highest BCUT2D eigenvalue weighted by Gasteiger charge is 2.34. The molecule has 8 heteroatoms. The van der Waals surface area contributed by atoms with Gasteiger partial charge in [0.25, 0.3) is 5.91 Å². The largest absolute Gasteiger partial charge is 0.497 e. The quantitative estimate of drug-likeness (QED) is 0.745. The number of carbonyl (C=O) groups excluding carboxylic acids is 2. The predicted molar refractivity (Wildman–Crippen MR) is 125 cm³/mol. The van der Waals surface area contributed by atoms with Gasteiger partial charge in [0.05, 0.1) is 12.8 Å². The normalized spacial score (nSPS) is 15.5. The number of hydrogen-bond donors (Lipinski definition) is 2. The lowest BCUT2D eigenvalue weighted by molar-refractivity contribution is -0.124. The van der Waals surface area contributed by atoms with Crippen LogP contribution in [0.1, 0.15) is 48.9 Å². The van der Waals surface area contributed by atoms with Crippen LogP contribution in [0.15, 0.2) is 18.2 Å².